The van der Waals surface area contributed by atoms with Crippen molar-refractivity contribution < 1.29 is 0 Å². The van der Waals surface area contributed by atoms with Crippen molar-refractivity contribution >= 4 is 16.5 Å². The Balaban J connectivity index is 1.82. The third-order valence-electron chi connectivity index (χ3n) is 2.99. The molecule has 0 unspecified atom stereocenters. The molecule has 1 aromatic heterocycles. The number of hydrogen-bond acceptors (Lipinski definition) is 5. The highest BCUT2D eigenvalue weighted by Gasteiger charge is 2.20. The van der Waals surface area contributed by atoms with E-state index in [1.54, 1.807) is 11.3 Å². The fourth-order valence-electron chi connectivity index (χ4n) is 2.06. The van der Waals surface area contributed by atoms with E-state index in [1.165, 1.54) is 25.7 Å². The molecule has 1 saturated carbocycles. The quantitative estimate of drug-likeness (QED) is 0.825. The molecule has 0 amide bonds. The van der Waals surface area contributed by atoms with E-state index in [0.717, 1.165) is 10.1 Å². The average molecular weight is 226 g/mol. The smallest absolute Gasteiger partial charge is 0.205 e. The molecule has 1 aliphatic carbocycles. The van der Waals surface area contributed by atoms with Crippen molar-refractivity contribution in [2.75, 3.05) is 12.4 Å². The van der Waals surface area contributed by atoms with E-state index >= 15 is 0 Å². The molecular weight excluding hydrogens is 208 g/mol. The topological polar surface area (TPSA) is 49.8 Å². The maximum absolute atomic E-state index is 4.09. The molecule has 4 nitrogen and oxygen atoms in total. The maximum atomic E-state index is 4.09. The lowest BCUT2D eigenvalue weighted by atomic mass is 9.91. The van der Waals surface area contributed by atoms with Gasteiger partial charge in [0.1, 0.15) is 5.01 Å². The van der Waals surface area contributed by atoms with Crippen molar-refractivity contribution in [3.8, 4) is 0 Å². The van der Waals surface area contributed by atoms with Crippen molar-refractivity contribution in [3.05, 3.63) is 5.01 Å². The number of hydrogen-bond donors (Lipinski definition) is 2. The molecule has 2 rings (SSSR count). The first-order valence-corrected chi connectivity index (χ1v) is 6.33. The van der Waals surface area contributed by atoms with Gasteiger partial charge in [0.2, 0.25) is 5.13 Å². The Labute approximate surface area is 94.5 Å². The first-order valence-electron chi connectivity index (χ1n) is 5.52. The predicted octanol–water partition coefficient (Wildman–Crippen LogP) is 1.79. The summed E-state index contributed by atoms with van der Waals surface area (Å²) in [5.74, 6) is 0. The van der Waals surface area contributed by atoms with Gasteiger partial charge < -0.3 is 10.6 Å². The van der Waals surface area contributed by atoms with Crippen LogP contribution in [-0.2, 0) is 0 Å². The molecule has 0 saturated heterocycles. The van der Waals surface area contributed by atoms with E-state index in [1.807, 2.05) is 14.0 Å². The summed E-state index contributed by atoms with van der Waals surface area (Å²) in [6.07, 6.45) is 4.96. The molecular formula is C10H18N4S. The molecule has 1 fully saturated rings. The minimum absolute atomic E-state index is 0.585. The van der Waals surface area contributed by atoms with E-state index in [0.29, 0.717) is 12.1 Å². The first-order chi connectivity index (χ1) is 7.28. The lowest BCUT2D eigenvalue weighted by molar-refractivity contribution is 0.371. The first kappa shape index (κ1) is 10.8. The second-order valence-corrected chi connectivity index (χ2v) is 5.29. The van der Waals surface area contributed by atoms with Gasteiger partial charge in [-0.3, -0.25) is 0 Å². The SMILES string of the molecule is CNC1CCC(Nc2nnc(C)s2)CC1. The van der Waals surface area contributed by atoms with Gasteiger partial charge in [0, 0.05) is 12.1 Å². The van der Waals surface area contributed by atoms with Gasteiger partial charge in [-0.25, -0.2) is 0 Å². The van der Waals surface area contributed by atoms with Gasteiger partial charge in [-0.05, 0) is 39.7 Å². The van der Waals surface area contributed by atoms with Gasteiger partial charge in [0.15, 0.2) is 0 Å². The summed E-state index contributed by atoms with van der Waals surface area (Å²) in [7, 11) is 2.05. The Kier molecular flexibility index (Phi) is 3.53. The average Bonchev–Trinajstić information content (AvgIpc) is 2.65. The molecule has 0 atom stereocenters. The highest BCUT2D eigenvalue weighted by Crippen LogP contribution is 2.23. The zero-order valence-electron chi connectivity index (χ0n) is 9.29. The van der Waals surface area contributed by atoms with E-state index in [2.05, 4.69) is 20.8 Å². The molecule has 84 valence electrons. The van der Waals surface area contributed by atoms with Crippen LogP contribution in [0, 0.1) is 6.92 Å². The second kappa shape index (κ2) is 4.90. The van der Waals surface area contributed by atoms with Crippen molar-refractivity contribution in [3.63, 3.8) is 0 Å². The molecule has 15 heavy (non-hydrogen) atoms. The van der Waals surface area contributed by atoms with E-state index in [9.17, 15) is 0 Å². The van der Waals surface area contributed by atoms with Gasteiger partial charge >= 0.3 is 0 Å². The van der Waals surface area contributed by atoms with Gasteiger partial charge in [0.05, 0.1) is 0 Å². The lowest BCUT2D eigenvalue weighted by Crippen LogP contribution is -2.34. The van der Waals surface area contributed by atoms with E-state index < -0.39 is 0 Å². The van der Waals surface area contributed by atoms with Gasteiger partial charge in [-0.15, -0.1) is 10.2 Å². The van der Waals surface area contributed by atoms with Crippen LogP contribution in [0.3, 0.4) is 0 Å². The van der Waals surface area contributed by atoms with Crippen LogP contribution in [0.5, 0.6) is 0 Å². The van der Waals surface area contributed by atoms with Crippen LogP contribution in [0.2, 0.25) is 0 Å². The van der Waals surface area contributed by atoms with Crippen LogP contribution in [0.4, 0.5) is 5.13 Å². The summed E-state index contributed by atoms with van der Waals surface area (Å²) in [6, 6.07) is 1.29. The molecule has 0 radical (unpaired) electrons. The van der Waals surface area contributed by atoms with Gasteiger partial charge in [-0.1, -0.05) is 11.3 Å². The van der Waals surface area contributed by atoms with Crippen LogP contribution in [-0.4, -0.2) is 29.3 Å². The fourth-order valence-corrected chi connectivity index (χ4v) is 2.72. The normalized spacial score (nSPS) is 26.5. The third-order valence-corrected chi connectivity index (χ3v) is 3.76. The number of rotatable bonds is 3. The summed E-state index contributed by atoms with van der Waals surface area (Å²) >= 11 is 1.64. The molecule has 5 heteroatoms. The minimum Gasteiger partial charge on any atom is -0.357 e. The summed E-state index contributed by atoms with van der Waals surface area (Å²) in [5, 5.41) is 16.9. The maximum Gasteiger partial charge on any atom is 0.205 e. The van der Waals surface area contributed by atoms with E-state index in [-0.39, 0.29) is 0 Å². The Hall–Kier alpha value is -0.680. The monoisotopic (exact) mass is 226 g/mol. The summed E-state index contributed by atoms with van der Waals surface area (Å²) in [6.45, 7) is 1.99. The van der Waals surface area contributed by atoms with E-state index in [4.69, 9.17) is 0 Å². The van der Waals surface area contributed by atoms with Crippen LogP contribution in [0.15, 0.2) is 0 Å². The molecule has 0 aromatic carbocycles. The molecule has 1 aliphatic rings. The Morgan fingerprint density at radius 3 is 2.33 bits per heavy atom. The van der Waals surface area contributed by atoms with Crippen molar-refractivity contribution in [2.45, 2.75) is 44.7 Å². The van der Waals surface area contributed by atoms with Crippen molar-refractivity contribution in [2.24, 2.45) is 0 Å². The Morgan fingerprint density at radius 1 is 1.13 bits per heavy atom. The number of anilines is 1. The predicted molar refractivity (Wildman–Crippen MR) is 63.4 cm³/mol. The molecule has 1 heterocycles. The largest absolute Gasteiger partial charge is 0.357 e. The van der Waals surface area contributed by atoms with Crippen LogP contribution < -0.4 is 10.6 Å². The highest BCUT2D eigenvalue weighted by atomic mass is 32.1. The molecule has 0 bridgehead atoms. The standard InChI is InChI=1S/C10H18N4S/c1-7-13-14-10(15-7)12-9-5-3-8(11-2)4-6-9/h8-9,11H,3-6H2,1-2H3,(H,12,14). The summed E-state index contributed by atoms with van der Waals surface area (Å²) in [5.41, 5.74) is 0. The highest BCUT2D eigenvalue weighted by molar-refractivity contribution is 7.15. The number of nitrogens with zero attached hydrogens (tertiary/aromatic N) is 2. The fraction of sp³-hybridized carbons (Fsp3) is 0.800. The number of aryl methyl sites for hydroxylation is 1. The number of aromatic nitrogens is 2. The van der Waals surface area contributed by atoms with Crippen LogP contribution >= 0.6 is 11.3 Å². The summed E-state index contributed by atoms with van der Waals surface area (Å²) < 4.78 is 0. The Bertz CT molecular complexity index is 304. The van der Waals surface area contributed by atoms with Gasteiger partial charge in [0.25, 0.3) is 0 Å². The zero-order chi connectivity index (χ0) is 10.7. The van der Waals surface area contributed by atoms with Crippen molar-refractivity contribution in [1.82, 2.24) is 15.5 Å². The lowest BCUT2D eigenvalue weighted by Gasteiger charge is -2.28. The molecule has 2 N–H and O–H groups in total. The molecule has 0 aliphatic heterocycles. The number of nitrogens with one attached hydrogen (secondary N) is 2. The van der Waals surface area contributed by atoms with Crippen LogP contribution in [0.1, 0.15) is 30.7 Å². The zero-order valence-corrected chi connectivity index (χ0v) is 10.1. The van der Waals surface area contributed by atoms with Crippen LogP contribution in [0.25, 0.3) is 0 Å². The summed E-state index contributed by atoms with van der Waals surface area (Å²) in [4.78, 5) is 0. The van der Waals surface area contributed by atoms with Gasteiger partial charge in [-0.2, -0.15) is 0 Å². The molecule has 0 spiro atoms. The Morgan fingerprint density at radius 2 is 1.80 bits per heavy atom. The van der Waals surface area contributed by atoms with Crippen molar-refractivity contribution in [1.29, 1.82) is 0 Å². The minimum atomic E-state index is 0.585. The second-order valence-electron chi connectivity index (χ2n) is 4.11. The third kappa shape index (κ3) is 2.89. The molecule has 1 aromatic rings.